The number of sulfone groups is 1. The quantitative estimate of drug-likeness (QED) is 0.845. The van der Waals surface area contributed by atoms with Crippen LogP contribution < -0.4 is 11.1 Å². The first kappa shape index (κ1) is 14.4. The predicted octanol–water partition coefficient (Wildman–Crippen LogP) is 0.470. The van der Waals surface area contributed by atoms with E-state index in [1.54, 1.807) is 5.38 Å². The molecular formula is C11H17N3O3S2. The number of carbonyl (C=O) groups excluding carboxylic acids is 1. The first-order chi connectivity index (χ1) is 8.87. The fraction of sp³-hybridized carbons (Fsp3) is 0.636. The second kappa shape index (κ2) is 5.56. The summed E-state index contributed by atoms with van der Waals surface area (Å²) in [5.41, 5.74) is 6.04. The van der Waals surface area contributed by atoms with Crippen molar-refractivity contribution in [1.82, 2.24) is 10.3 Å². The summed E-state index contributed by atoms with van der Waals surface area (Å²) in [4.78, 5) is 16.1. The maximum atomic E-state index is 12.0. The number of nitrogens with zero attached hydrogens (tertiary/aromatic N) is 1. The van der Waals surface area contributed by atoms with Crippen LogP contribution in [0, 0.1) is 0 Å². The fourth-order valence-corrected chi connectivity index (χ4v) is 4.14. The summed E-state index contributed by atoms with van der Waals surface area (Å²) in [6.07, 6.45) is 0.941. The molecule has 0 saturated carbocycles. The van der Waals surface area contributed by atoms with Gasteiger partial charge < -0.3 is 11.1 Å². The highest BCUT2D eigenvalue weighted by atomic mass is 32.2. The Hall–Kier alpha value is -0.990. The van der Waals surface area contributed by atoms with Gasteiger partial charge in [0, 0.05) is 11.4 Å². The molecule has 0 radical (unpaired) electrons. The van der Waals surface area contributed by atoms with E-state index in [0.717, 1.165) is 5.01 Å². The largest absolute Gasteiger partial charge is 0.348 e. The van der Waals surface area contributed by atoms with Gasteiger partial charge >= 0.3 is 0 Å². The summed E-state index contributed by atoms with van der Waals surface area (Å²) in [5, 5.41) is 5.22. The maximum absolute atomic E-state index is 12.0. The van der Waals surface area contributed by atoms with E-state index >= 15 is 0 Å². The molecule has 19 heavy (non-hydrogen) atoms. The van der Waals surface area contributed by atoms with Gasteiger partial charge in [-0.1, -0.05) is 0 Å². The minimum atomic E-state index is -2.90. The number of aromatic nitrogens is 1. The molecule has 106 valence electrons. The second-order valence-electron chi connectivity index (χ2n) is 4.76. The summed E-state index contributed by atoms with van der Waals surface area (Å²) in [6.45, 7) is 1.81. The number of nitrogens with one attached hydrogen (secondary N) is 1. The lowest BCUT2D eigenvalue weighted by atomic mass is 10.1. The molecule has 0 aromatic carbocycles. The lowest BCUT2D eigenvalue weighted by molar-refractivity contribution is 0.0929. The Morgan fingerprint density at radius 2 is 2.16 bits per heavy atom. The van der Waals surface area contributed by atoms with E-state index in [1.165, 1.54) is 11.3 Å². The van der Waals surface area contributed by atoms with Crippen molar-refractivity contribution in [3.05, 3.63) is 16.1 Å². The molecule has 1 aromatic rings. The van der Waals surface area contributed by atoms with Crippen LogP contribution in [0.1, 0.15) is 41.3 Å². The molecule has 3 N–H and O–H groups in total. The molecule has 1 saturated heterocycles. The number of amides is 1. The Morgan fingerprint density at radius 3 is 2.68 bits per heavy atom. The molecule has 0 aliphatic carbocycles. The van der Waals surface area contributed by atoms with Gasteiger partial charge in [-0.15, -0.1) is 11.3 Å². The van der Waals surface area contributed by atoms with Gasteiger partial charge in [-0.3, -0.25) is 4.79 Å². The van der Waals surface area contributed by atoms with E-state index in [2.05, 4.69) is 10.3 Å². The van der Waals surface area contributed by atoms with E-state index in [9.17, 15) is 13.2 Å². The molecule has 8 heteroatoms. The smallest absolute Gasteiger partial charge is 0.270 e. The first-order valence-electron chi connectivity index (χ1n) is 6.10. The zero-order valence-electron chi connectivity index (χ0n) is 10.6. The van der Waals surface area contributed by atoms with Crippen molar-refractivity contribution in [2.75, 3.05) is 11.5 Å². The van der Waals surface area contributed by atoms with Crippen molar-refractivity contribution in [3.8, 4) is 0 Å². The number of carbonyl (C=O) groups is 1. The summed E-state index contributed by atoms with van der Waals surface area (Å²) in [6, 6.07) is -0.275. The Kier molecular flexibility index (Phi) is 4.22. The summed E-state index contributed by atoms with van der Waals surface area (Å²) in [5.74, 6) is 0.0210. The molecule has 0 spiro atoms. The number of rotatable bonds is 3. The highest BCUT2D eigenvalue weighted by Gasteiger charge is 2.25. The van der Waals surface area contributed by atoms with Gasteiger partial charge in [0.05, 0.1) is 17.5 Å². The molecular weight excluding hydrogens is 286 g/mol. The van der Waals surface area contributed by atoms with E-state index in [-0.39, 0.29) is 29.5 Å². The SMILES string of the molecule is CC(N)c1nc(C(=O)NC2CCS(=O)(=O)CC2)cs1. The predicted molar refractivity (Wildman–Crippen MR) is 73.9 cm³/mol. The van der Waals surface area contributed by atoms with E-state index in [0.29, 0.717) is 18.5 Å². The minimum Gasteiger partial charge on any atom is -0.348 e. The van der Waals surface area contributed by atoms with Crippen molar-refractivity contribution in [1.29, 1.82) is 0 Å². The Morgan fingerprint density at radius 1 is 1.53 bits per heavy atom. The average molecular weight is 303 g/mol. The molecule has 1 aliphatic heterocycles. The van der Waals surface area contributed by atoms with Gasteiger partial charge in [-0.25, -0.2) is 13.4 Å². The molecule has 1 aliphatic rings. The molecule has 6 nitrogen and oxygen atoms in total. The van der Waals surface area contributed by atoms with Crippen molar-refractivity contribution in [2.24, 2.45) is 5.73 Å². The van der Waals surface area contributed by atoms with Crippen LogP contribution in [0.25, 0.3) is 0 Å². The Bertz CT molecular complexity index is 551. The van der Waals surface area contributed by atoms with Crippen molar-refractivity contribution in [3.63, 3.8) is 0 Å². The standard InChI is InChI=1S/C11H17N3O3S2/c1-7(12)11-14-9(6-18-11)10(15)13-8-2-4-19(16,17)5-3-8/h6-8H,2-5,12H2,1H3,(H,13,15). The summed E-state index contributed by atoms with van der Waals surface area (Å²) in [7, 11) is -2.90. The molecule has 1 unspecified atom stereocenters. The highest BCUT2D eigenvalue weighted by molar-refractivity contribution is 7.91. The van der Waals surface area contributed by atoms with Gasteiger partial charge in [0.25, 0.3) is 5.91 Å². The first-order valence-corrected chi connectivity index (χ1v) is 8.80. The molecule has 1 fully saturated rings. The maximum Gasteiger partial charge on any atom is 0.270 e. The second-order valence-corrected chi connectivity index (χ2v) is 7.95. The lowest BCUT2D eigenvalue weighted by Gasteiger charge is -2.22. The average Bonchev–Trinajstić information content (AvgIpc) is 2.81. The fourth-order valence-electron chi connectivity index (χ4n) is 1.89. The molecule has 0 bridgehead atoms. The summed E-state index contributed by atoms with van der Waals surface area (Å²) >= 11 is 1.35. The summed E-state index contributed by atoms with van der Waals surface area (Å²) < 4.78 is 22.6. The van der Waals surface area contributed by atoms with E-state index in [1.807, 2.05) is 6.92 Å². The molecule has 1 atom stereocenters. The molecule has 1 aromatic heterocycles. The molecule has 2 heterocycles. The van der Waals surface area contributed by atoms with Crippen molar-refractivity contribution < 1.29 is 13.2 Å². The third-order valence-electron chi connectivity index (χ3n) is 3.03. The Balaban J connectivity index is 1.94. The van der Waals surface area contributed by atoms with Crippen LogP contribution in [0.2, 0.25) is 0 Å². The van der Waals surface area contributed by atoms with Gasteiger partial charge in [-0.05, 0) is 19.8 Å². The number of hydrogen-bond donors (Lipinski definition) is 2. The molecule has 1 amide bonds. The van der Waals surface area contributed by atoms with Gasteiger partial charge in [0.1, 0.15) is 20.5 Å². The van der Waals surface area contributed by atoms with Gasteiger partial charge in [-0.2, -0.15) is 0 Å². The van der Waals surface area contributed by atoms with Crippen LogP contribution in [0.3, 0.4) is 0 Å². The van der Waals surface area contributed by atoms with Crippen LogP contribution in [-0.4, -0.2) is 36.9 Å². The number of hydrogen-bond acceptors (Lipinski definition) is 6. The van der Waals surface area contributed by atoms with Crippen LogP contribution in [0.5, 0.6) is 0 Å². The van der Waals surface area contributed by atoms with Crippen molar-refractivity contribution >= 4 is 27.1 Å². The van der Waals surface area contributed by atoms with E-state index in [4.69, 9.17) is 5.73 Å². The third kappa shape index (κ3) is 3.74. The normalized spacial score (nSPS) is 20.9. The Labute approximate surface area is 116 Å². The number of nitrogens with two attached hydrogens (primary N) is 1. The third-order valence-corrected chi connectivity index (χ3v) is 5.80. The zero-order valence-corrected chi connectivity index (χ0v) is 12.3. The van der Waals surface area contributed by atoms with Gasteiger partial charge in [0.15, 0.2) is 0 Å². The van der Waals surface area contributed by atoms with Crippen LogP contribution in [0.4, 0.5) is 0 Å². The van der Waals surface area contributed by atoms with Gasteiger partial charge in [0.2, 0.25) is 0 Å². The lowest BCUT2D eigenvalue weighted by Crippen LogP contribution is -2.41. The monoisotopic (exact) mass is 303 g/mol. The van der Waals surface area contributed by atoms with E-state index < -0.39 is 9.84 Å². The zero-order chi connectivity index (χ0) is 14.0. The van der Waals surface area contributed by atoms with Crippen LogP contribution in [0.15, 0.2) is 5.38 Å². The van der Waals surface area contributed by atoms with Crippen molar-refractivity contribution in [2.45, 2.75) is 31.8 Å². The highest BCUT2D eigenvalue weighted by Crippen LogP contribution is 2.17. The topological polar surface area (TPSA) is 102 Å². The minimum absolute atomic E-state index is 0.0866. The van der Waals surface area contributed by atoms with Crippen LogP contribution in [-0.2, 0) is 9.84 Å². The number of thiazole rings is 1. The molecule has 2 rings (SSSR count). The van der Waals surface area contributed by atoms with Crippen LogP contribution >= 0.6 is 11.3 Å².